The highest BCUT2D eigenvalue weighted by molar-refractivity contribution is 6.18. The first-order valence-corrected chi connectivity index (χ1v) is 8.84. The van der Waals surface area contributed by atoms with Gasteiger partial charge in [-0.1, -0.05) is 30.3 Å². The van der Waals surface area contributed by atoms with Gasteiger partial charge in [-0.2, -0.15) is 5.26 Å². The molecule has 5 nitrogen and oxygen atoms in total. The molecule has 0 amide bonds. The minimum atomic E-state index is -0.143. The molecule has 5 rings (SSSR count). The van der Waals surface area contributed by atoms with Gasteiger partial charge in [-0.25, -0.2) is 4.98 Å². The van der Waals surface area contributed by atoms with Crippen molar-refractivity contribution in [2.24, 2.45) is 0 Å². The molecule has 0 aliphatic heterocycles. The first-order chi connectivity index (χ1) is 13.8. The summed E-state index contributed by atoms with van der Waals surface area (Å²) in [5.74, 6) is 0.492. The summed E-state index contributed by atoms with van der Waals surface area (Å²) in [5, 5.41) is 10.3. The fraction of sp³-hybridized carbons (Fsp3) is 0. The van der Waals surface area contributed by atoms with Crippen LogP contribution in [-0.2, 0) is 0 Å². The number of benzene rings is 2. The molecule has 0 aliphatic rings. The summed E-state index contributed by atoms with van der Waals surface area (Å²) in [6.45, 7) is 0. The Bertz CT molecular complexity index is 1390. The summed E-state index contributed by atoms with van der Waals surface area (Å²) < 4.78 is 1.99. The number of aromatic amines is 1. The first kappa shape index (κ1) is 16.0. The third kappa shape index (κ3) is 2.40. The van der Waals surface area contributed by atoms with Crippen molar-refractivity contribution in [2.45, 2.75) is 0 Å². The van der Waals surface area contributed by atoms with Gasteiger partial charge >= 0.3 is 0 Å². The highest BCUT2D eigenvalue weighted by atomic mass is 16.1. The number of nitrogens with one attached hydrogen (secondary N) is 1. The van der Waals surface area contributed by atoms with Crippen LogP contribution in [0.3, 0.4) is 0 Å². The van der Waals surface area contributed by atoms with E-state index in [0.717, 1.165) is 22.0 Å². The maximum Gasteiger partial charge on any atom is 0.195 e. The van der Waals surface area contributed by atoms with E-state index in [9.17, 15) is 10.1 Å². The average molecular weight is 362 g/mol. The zero-order chi connectivity index (χ0) is 19.1. The van der Waals surface area contributed by atoms with Gasteiger partial charge in [0.15, 0.2) is 5.78 Å². The molecule has 1 N–H and O–H groups in total. The van der Waals surface area contributed by atoms with Gasteiger partial charge in [0.1, 0.15) is 5.82 Å². The van der Waals surface area contributed by atoms with Crippen LogP contribution in [-0.4, -0.2) is 20.2 Å². The molecule has 2 aromatic carbocycles. The van der Waals surface area contributed by atoms with E-state index < -0.39 is 0 Å². The average Bonchev–Trinajstić information content (AvgIpc) is 3.44. The van der Waals surface area contributed by atoms with Crippen LogP contribution in [0.1, 0.15) is 21.5 Å². The Kier molecular flexibility index (Phi) is 3.56. The van der Waals surface area contributed by atoms with Crippen LogP contribution < -0.4 is 0 Å². The zero-order valence-electron chi connectivity index (χ0n) is 14.8. The van der Waals surface area contributed by atoms with Gasteiger partial charge in [0.25, 0.3) is 0 Å². The lowest BCUT2D eigenvalue weighted by Gasteiger charge is -2.12. The van der Waals surface area contributed by atoms with Crippen molar-refractivity contribution in [2.75, 3.05) is 0 Å². The fourth-order valence-electron chi connectivity index (χ4n) is 3.64. The van der Waals surface area contributed by atoms with Gasteiger partial charge in [-0.05, 0) is 30.3 Å². The summed E-state index contributed by atoms with van der Waals surface area (Å²) >= 11 is 0. The lowest BCUT2D eigenvalue weighted by molar-refractivity contribution is 0.104. The number of carbonyl (C=O) groups is 1. The van der Waals surface area contributed by atoms with Crippen LogP contribution in [0.25, 0.3) is 27.8 Å². The molecule has 0 saturated carbocycles. The molecule has 0 unspecified atom stereocenters. The summed E-state index contributed by atoms with van der Waals surface area (Å²) in [7, 11) is 0. The summed E-state index contributed by atoms with van der Waals surface area (Å²) in [6.07, 6.45) is 5.32. The number of pyridine rings is 1. The SMILES string of the molecule is N#Cc1cc(C(=O)c2ccccc2-c2ncc[nH]2)c2c(ccc3cccn32)c1. The predicted octanol–water partition coefficient (Wildman–Crippen LogP) is 4.59. The maximum absolute atomic E-state index is 13.6. The van der Waals surface area contributed by atoms with Gasteiger partial charge in [0.2, 0.25) is 0 Å². The van der Waals surface area contributed by atoms with Crippen molar-refractivity contribution < 1.29 is 4.79 Å². The number of nitrogens with zero attached hydrogens (tertiary/aromatic N) is 3. The second-order valence-electron chi connectivity index (χ2n) is 6.52. The molecule has 0 bridgehead atoms. The molecule has 0 saturated heterocycles. The fourth-order valence-corrected chi connectivity index (χ4v) is 3.64. The quantitative estimate of drug-likeness (QED) is 0.477. The monoisotopic (exact) mass is 362 g/mol. The van der Waals surface area contributed by atoms with Crippen LogP contribution in [0.15, 0.2) is 79.3 Å². The number of ketones is 1. The van der Waals surface area contributed by atoms with Crippen LogP contribution in [0, 0.1) is 11.3 Å². The number of nitriles is 1. The van der Waals surface area contributed by atoms with E-state index in [1.54, 1.807) is 24.5 Å². The number of imidazole rings is 1. The molecule has 3 aromatic heterocycles. The first-order valence-electron chi connectivity index (χ1n) is 8.84. The maximum atomic E-state index is 13.6. The van der Waals surface area contributed by atoms with Crippen LogP contribution >= 0.6 is 0 Å². The Balaban J connectivity index is 1.82. The number of aromatic nitrogens is 3. The lowest BCUT2D eigenvalue weighted by Crippen LogP contribution is -2.07. The number of hydrogen-bond donors (Lipinski definition) is 1. The Morgan fingerprint density at radius 3 is 2.75 bits per heavy atom. The molecule has 0 aliphatic carbocycles. The standard InChI is InChI=1S/C23H14N4O/c24-14-15-12-16-7-8-17-4-3-11-27(17)21(16)20(13-15)22(28)18-5-1-2-6-19(18)23-25-9-10-26-23/h1-13H,(H,25,26). The van der Waals surface area contributed by atoms with Crippen LogP contribution in [0.2, 0.25) is 0 Å². The Morgan fingerprint density at radius 2 is 1.93 bits per heavy atom. The van der Waals surface area contributed by atoms with Crippen LogP contribution in [0.5, 0.6) is 0 Å². The Hall–Kier alpha value is -4.17. The second kappa shape index (κ2) is 6.22. The molecule has 5 aromatic rings. The van der Waals surface area contributed by atoms with E-state index >= 15 is 0 Å². The smallest absolute Gasteiger partial charge is 0.195 e. The van der Waals surface area contributed by atoms with Crippen molar-refractivity contribution in [1.82, 2.24) is 14.4 Å². The number of fused-ring (bicyclic) bond motifs is 3. The molecule has 0 radical (unpaired) electrons. The van der Waals surface area contributed by atoms with Crippen LogP contribution in [0.4, 0.5) is 0 Å². The van der Waals surface area contributed by atoms with E-state index in [1.807, 2.05) is 59.1 Å². The van der Waals surface area contributed by atoms with Gasteiger partial charge < -0.3 is 9.38 Å². The second-order valence-corrected chi connectivity index (χ2v) is 6.52. The molecular formula is C23H14N4O. The van der Waals surface area contributed by atoms with Crippen molar-refractivity contribution >= 4 is 22.2 Å². The number of hydrogen-bond acceptors (Lipinski definition) is 3. The minimum absolute atomic E-state index is 0.143. The third-order valence-corrected chi connectivity index (χ3v) is 4.89. The van der Waals surface area contributed by atoms with Gasteiger partial charge in [0.05, 0.1) is 17.1 Å². The number of rotatable bonds is 3. The van der Waals surface area contributed by atoms with E-state index in [2.05, 4.69) is 16.0 Å². The largest absolute Gasteiger partial charge is 0.345 e. The summed E-state index contributed by atoms with van der Waals surface area (Å²) in [6, 6.07) is 20.9. The molecule has 3 heterocycles. The lowest BCUT2D eigenvalue weighted by atomic mass is 9.94. The van der Waals surface area contributed by atoms with Gasteiger partial charge in [0, 0.05) is 46.2 Å². The molecule has 28 heavy (non-hydrogen) atoms. The third-order valence-electron chi connectivity index (χ3n) is 4.89. The van der Waals surface area contributed by atoms with Gasteiger partial charge in [-0.15, -0.1) is 0 Å². The number of carbonyl (C=O) groups excluding carboxylic acids is 1. The molecule has 0 spiro atoms. The van der Waals surface area contributed by atoms with Crippen molar-refractivity contribution in [1.29, 1.82) is 5.26 Å². The molecular weight excluding hydrogens is 348 g/mol. The van der Waals surface area contributed by atoms with Crippen molar-refractivity contribution in [3.8, 4) is 17.5 Å². The van der Waals surface area contributed by atoms with Crippen molar-refractivity contribution in [3.05, 3.63) is 95.9 Å². The molecule has 0 fully saturated rings. The molecule has 0 atom stereocenters. The predicted molar refractivity (Wildman–Crippen MR) is 107 cm³/mol. The summed E-state index contributed by atoms with van der Waals surface area (Å²) in [4.78, 5) is 21.0. The highest BCUT2D eigenvalue weighted by Crippen LogP contribution is 2.28. The minimum Gasteiger partial charge on any atom is -0.345 e. The zero-order valence-corrected chi connectivity index (χ0v) is 14.8. The number of H-pyrrole nitrogens is 1. The molecule has 132 valence electrons. The Labute approximate surface area is 160 Å². The van der Waals surface area contributed by atoms with E-state index in [1.165, 1.54) is 0 Å². The highest BCUT2D eigenvalue weighted by Gasteiger charge is 2.20. The van der Waals surface area contributed by atoms with E-state index in [4.69, 9.17) is 0 Å². The Morgan fingerprint density at radius 1 is 1.04 bits per heavy atom. The summed E-state index contributed by atoms with van der Waals surface area (Å²) in [5.41, 5.74) is 4.00. The van der Waals surface area contributed by atoms with E-state index in [-0.39, 0.29) is 5.78 Å². The normalized spacial score (nSPS) is 11.0. The topological polar surface area (TPSA) is 73.9 Å². The van der Waals surface area contributed by atoms with E-state index in [0.29, 0.717) is 22.5 Å². The van der Waals surface area contributed by atoms with Gasteiger partial charge in [-0.3, -0.25) is 4.79 Å². The van der Waals surface area contributed by atoms with Crippen molar-refractivity contribution in [3.63, 3.8) is 0 Å². The molecule has 5 heteroatoms.